The molecule has 13 nitrogen and oxygen atoms in total. The lowest BCUT2D eigenvalue weighted by molar-refractivity contribution is -0.260. The average molecular weight is 946 g/mol. The van der Waals surface area contributed by atoms with E-state index in [-0.39, 0.29) is 40.3 Å². The number of hydrogen-bond acceptors (Lipinski definition) is 13. The highest BCUT2D eigenvalue weighted by Crippen LogP contribution is 2.69. The van der Waals surface area contributed by atoms with E-state index in [0.29, 0.717) is 61.0 Å². The summed E-state index contributed by atoms with van der Waals surface area (Å²) in [5, 5.41) is 50.8. The smallest absolute Gasteiger partial charge is 0.333 e. The summed E-state index contributed by atoms with van der Waals surface area (Å²) in [6, 6.07) is 2.40. The molecule has 14 fully saturated rings. The molecular formula is C55H79NO12. The van der Waals surface area contributed by atoms with Gasteiger partial charge in [0.15, 0.2) is 0 Å². The SMILES string of the molecule is C=C(C)C(=O)OC.C=C(C)C(=O)OC12CC3(C)CC(C)(CC(O)(C3)C1)C2.C=CC(=O)OC12CC3CC(CC(O)(C3)C1)C2.C=CC(=O)OC12CC3CC(O)(CC(O)(C3)C1)C2.N#CC1CC2CCC1C2. The third kappa shape index (κ3) is 11.3. The van der Waals surface area contributed by atoms with Gasteiger partial charge in [-0.05, 0) is 157 Å². The topological polar surface area (TPSA) is 210 Å². The first-order valence-corrected chi connectivity index (χ1v) is 25.2. The Hall–Kier alpha value is -3.83. The van der Waals surface area contributed by atoms with Crippen molar-refractivity contribution in [3.8, 4) is 6.07 Å². The first-order valence-electron chi connectivity index (χ1n) is 25.2. The minimum absolute atomic E-state index is 0.105. The number of carbonyl (C=O) groups is 4. The molecule has 14 aliphatic rings. The number of aliphatic hydroxyl groups is 4. The number of nitriles is 1. The van der Waals surface area contributed by atoms with Gasteiger partial charge in [-0.1, -0.05) is 46.6 Å². The highest BCUT2D eigenvalue weighted by Gasteiger charge is 2.67. The van der Waals surface area contributed by atoms with Crippen molar-refractivity contribution in [2.45, 2.75) is 208 Å². The molecule has 376 valence electrons. The maximum Gasteiger partial charge on any atom is 0.333 e. The van der Waals surface area contributed by atoms with Gasteiger partial charge in [-0.15, -0.1) is 0 Å². The standard InChI is InChI=1S/C16H24O3.C13H18O4.C13H18O3.C8H11N.C5H8O2/c1-11(2)12(17)19-16-8-13(3)5-14(4,9-16)7-15(18,6-13)10-16;1-2-10(14)17-13-5-9-3-11(15,7-13)6-12(16,4-9)8-13;1-2-11(14)16-13-6-9-3-10(7-13)5-12(15,4-9)8-13;9-5-8-4-6-1-2-7(8)3-6;1-4(2)5(6)7-3/h18H,1,5-10H2,2-4H3;2,9,15-16H,1,3-8H2;2,9-10,15H,1,3-8H2;6-8H,1-4H2;1H2,2-3H3. The highest BCUT2D eigenvalue weighted by molar-refractivity contribution is 5.87. The molecule has 0 amide bonds. The van der Waals surface area contributed by atoms with Gasteiger partial charge in [-0.2, -0.15) is 5.26 Å². The molecule has 14 rings (SSSR count). The van der Waals surface area contributed by atoms with Gasteiger partial charge < -0.3 is 39.4 Å². The van der Waals surface area contributed by atoms with Crippen molar-refractivity contribution in [3.63, 3.8) is 0 Å². The first-order chi connectivity index (χ1) is 31.5. The highest BCUT2D eigenvalue weighted by atomic mass is 16.6. The lowest BCUT2D eigenvalue weighted by Crippen LogP contribution is -2.66. The molecule has 0 aromatic carbocycles. The van der Waals surface area contributed by atoms with Crippen molar-refractivity contribution in [1.82, 2.24) is 0 Å². The summed E-state index contributed by atoms with van der Waals surface area (Å²) in [5.41, 5.74) is -3.35. The van der Waals surface area contributed by atoms with Crippen LogP contribution in [0.25, 0.3) is 0 Å². The molecule has 68 heavy (non-hydrogen) atoms. The van der Waals surface area contributed by atoms with E-state index in [9.17, 15) is 39.6 Å². The van der Waals surface area contributed by atoms with Gasteiger partial charge in [-0.25, -0.2) is 19.2 Å². The molecule has 0 radical (unpaired) electrons. The summed E-state index contributed by atoms with van der Waals surface area (Å²) in [7, 11) is 1.33. The molecule has 0 spiro atoms. The predicted octanol–water partition coefficient (Wildman–Crippen LogP) is 8.36. The van der Waals surface area contributed by atoms with Gasteiger partial charge in [0.25, 0.3) is 0 Å². The molecule has 4 N–H and O–H groups in total. The van der Waals surface area contributed by atoms with Crippen LogP contribution in [0.4, 0.5) is 0 Å². The Bertz CT molecular complexity index is 2020. The molecular weight excluding hydrogens is 867 g/mol. The van der Waals surface area contributed by atoms with Gasteiger partial charge in [0.2, 0.25) is 0 Å². The van der Waals surface area contributed by atoms with E-state index in [1.165, 1.54) is 45.3 Å². The quantitative estimate of drug-likeness (QED) is 0.108. The van der Waals surface area contributed by atoms with E-state index in [1.807, 2.05) is 0 Å². The van der Waals surface area contributed by atoms with Crippen LogP contribution >= 0.6 is 0 Å². The van der Waals surface area contributed by atoms with Crippen molar-refractivity contribution in [2.75, 3.05) is 7.11 Å². The Morgan fingerprint density at radius 2 is 1.03 bits per heavy atom. The van der Waals surface area contributed by atoms with E-state index in [1.54, 1.807) is 13.8 Å². The largest absolute Gasteiger partial charge is 0.466 e. The molecule has 14 aliphatic carbocycles. The van der Waals surface area contributed by atoms with E-state index >= 15 is 0 Å². The van der Waals surface area contributed by atoms with Gasteiger partial charge in [0.05, 0.1) is 35.6 Å². The summed E-state index contributed by atoms with van der Waals surface area (Å²) in [6.07, 6.45) is 21.9. The third-order valence-electron chi connectivity index (χ3n) is 17.5. The van der Waals surface area contributed by atoms with Crippen molar-refractivity contribution in [2.24, 2.45) is 46.3 Å². The number of carbonyl (C=O) groups excluding carboxylic acids is 4. The van der Waals surface area contributed by atoms with Crippen molar-refractivity contribution < 1.29 is 58.6 Å². The Kier molecular flexibility index (Phi) is 14.1. The summed E-state index contributed by atoms with van der Waals surface area (Å²) >= 11 is 0. The molecule has 13 heteroatoms. The monoisotopic (exact) mass is 946 g/mol. The minimum atomic E-state index is -0.852. The number of rotatable bonds is 7. The van der Waals surface area contributed by atoms with Crippen LogP contribution in [0.5, 0.6) is 0 Å². The second kappa shape index (κ2) is 18.4. The molecule has 9 unspecified atom stereocenters. The molecule has 9 atom stereocenters. The average Bonchev–Trinajstić information content (AvgIpc) is 3.81. The van der Waals surface area contributed by atoms with E-state index in [0.717, 1.165) is 95.0 Å². The fourth-order valence-electron chi connectivity index (χ4n) is 17.6. The van der Waals surface area contributed by atoms with Crippen LogP contribution in [-0.2, 0) is 38.1 Å². The van der Waals surface area contributed by atoms with E-state index in [2.05, 4.69) is 51.0 Å². The number of hydrogen-bond donors (Lipinski definition) is 4. The molecule has 14 bridgehead atoms. The van der Waals surface area contributed by atoms with E-state index in [4.69, 9.17) is 19.5 Å². The van der Waals surface area contributed by atoms with Gasteiger partial charge >= 0.3 is 23.9 Å². The number of ether oxygens (including phenoxy) is 4. The molecule has 0 aliphatic heterocycles. The second-order valence-electron chi connectivity index (χ2n) is 25.2. The molecule has 0 saturated heterocycles. The Morgan fingerprint density at radius 3 is 1.41 bits per heavy atom. The van der Waals surface area contributed by atoms with Crippen molar-refractivity contribution in [1.29, 1.82) is 5.26 Å². The number of methoxy groups -OCH3 is 1. The zero-order valence-electron chi connectivity index (χ0n) is 41.5. The van der Waals surface area contributed by atoms with Gasteiger partial charge in [0, 0.05) is 61.3 Å². The van der Waals surface area contributed by atoms with Gasteiger partial charge in [0.1, 0.15) is 16.8 Å². The summed E-state index contributed by atoms with van der Waals surface area (Å²) < 4.78 is 21.1. The number of esters is 4. The molecule has 0 aromatic heterocycles. The number of nitrogens with zero attached hydrogens (tertiary/aromatic N) is 1. The zero-order valence-corrected chi connectivity index (χ0v) is 41.5. The summed E-state index contributed by atoms with van der Waals surface area (Å²) in [4.78, 5) is 44.9. The molecule has 14 saturated carbocycles. The number of fused-ring (bicyclic) bond motifs is 2. The van der Waals surface area contributed by atoms with E-state index < -0.39 is 39.6 Å². The maximum absolute atomic E-state index is 11.9. The maximum atomic E-state index is 11.9. The van der Waals surface area contributed by atoms with Crippen molar-refractivity contribution in [3.05, 3.63) is 49.6 Å². The fraction of sp³-hybridized carbons (Fsp3) is 0.764. The lowest BCUT2D eigenvalue weighted by atomic mass is 9.42. The Labute approximate surface area is 403 Å². The second-order valence-corrected chi connectivity index (χ2v) is 25.2. The molecule has 0 aromatic rings. The van der Waals surface area contributed by atoms with Crippen LogP contribution in [0.2, 0.25) is 0 Å². The van der Waals surface area contributed by atoms with Crippen LogP contribution in [0, 0.1) is 57.7 Å². The van der Waals surface area contributed by atoms with Crippen LogP contribution in [0.1, 0.15) is 169 Å². The zero-order chi connectivity index (χ0) is 49.9. The van der Waals surface area contributed by atoms with Crippen LogP contribution in [0.3, 0.4) is 0 Å². The Balaban J connectivity index is 0.000000131. The summed E-state index contributed by atoms with van der Waals surface area (Å²) in [5.74, 6) is 2.05. The minimum Gasteiger partial charge on any atom is -0.466 e. The first kappa shape index (κ1) is 52.0. The molecule has 0 heterocycles. The normalized spacial score (nSPS) is 45.7. The van der Waals surface area contributed by atoms with Crippen LogP contribution in [0.15, 0.2) is 49.6 Å². The van der Waals surface area contributed by atoms with Crippen molar-refractivity contribution >= 4 is 23.9 Å². The Morgan fingerprint density at radius 1 is 0.544 bits per heavy atom. The van der Waals surface area contributed by atoms with Crippen LogP contribution < -0.4 is 0 Å². The third-order valence-corrected chi connectivity index (χ3v) is 17.5. The van der Waals surface area contributed by atoms with Crippen LogP contribution in [-0.4, -0.2) is 90.6 Å². The predicted molar refractivity (Wildman–Crippen MR) is 253 cm³/mol. The van der Waals surface area contributed by atoms with Gasteiger partial charge in [-0.3, -0.25) is 0 Å². The summed E-state index contributed by atoms with van der Waals surface area (Å²) in [6.45, 7) is 21.6. The lowest BCUT2D eigenvalue weighted by Gasteiger charge is -2.67. The fourth-order valence-corrected chi connectivity index (χ4v) is 17.6.